The van der Waals surface area contributed by atoms with E-state index in [4.69, 9.17) is 18.9 Å². The molecule has 94 heavy (non-hydrogen) atoms. The van der Waals surface area contributed by atoms with E-state index >= 15 is 0 Å². The van der Waals surface area contributed by atoms with Crippen LogP contribution in [0, 0.1) is 0 Å². The second-order valence-electron chi connectivity index (χ2n) is 28.9. The molecule has 0 aliphatic carbocycles. The first-order valence-electron chi connectivity index (χ1n) is 40.6. The van der Waals surface area contributed by atoms with Gasteiger partial charge in [-0.2, -0.15) is 0 Å². The van der Waals surface area contributed by atoms with Crippen LogP contribution in [0.3, 0.4) is 0 Å². The fourth-order valence-electron chi connectivity index (χ4n) is 13.7. The Morgan fingerprint density at radius 2 is 0.670 bits per heavy atom. The summed E-state index contributed by atoms with van der Waals surface area (Å²) in [6.45, 7) is 2.87. The minimum Gasteiger partial charge on any atom is -0.394 e. The molecular weight excluding hydrogens is 1180 g/mol. The third-order valence-corrected chi connectivity index (χ3v) is 20.1. The summed E-state index contributed by atoms with van der Waals surface area (Å²) in [6, 6.07) is -0.914. The van der Waals surface area contributed by atoms with Crippen LogP contribution in [-0.2, 0) is 23.7 Å². The number of allylic oxidation sites excluding steroid dienone is 3. The van der Waals surface area contributed by atoms with Gasteiger partial charge in [-0.05, 0) is 44.9 Å². The van der Waals surface area contributed by atoms with Gasteiger partial charge in [0.05, 0.1) is 32.0 Å². The molecule has 12 atom stereocenters. The Morgan fingerprint density at radius 1 is 0.372 bits per heavy atom. The molecule has 556 valence electrons. The maximum absolute atomic E-state index is 13.4. The van der Waals surface area contributed by atoms with Crippen molar-refractivity contribution in [1.82, 2.24) is 5.32 Å². The third-order valence-electron chi connectivity index (χ3n) is 20.1. The lowest BCUT2D eigenvalue weighted by atomic mass is 9.97. The molecule has 0 aromatic rings. The molecule has 2 saturated heterocycles. The van der Waals surface area contributed by atoms with Crippen LogP contribution in [0.1, 0.15) is 386 Å². The number of carbonyl (C=O) groups excluding carboxylic acids is 1. The standard InChI is InChI=1S/C80H153NO13/c1-3-5-7-9-11-13-15-17-19-21-23-25-27-29-31-33-34-36-37-39-41-43-45-47-49-51-53-55-57-59-61-63-69(84)68(67-91-79-77(90)75(88)78(71(66-83)93-79)94-80-76(89)74(87)73(86)70(65-82)92-80)81-72(85)64-62-60-58-56-54-52-50-48-46-44-42-40-38-35-32-30-28-26-24-22-20-18-16-14-12-10-8-6-4-2/h22,24,61,63,68-71,73-80,82-84,86-90H,3-21,23,25-60,62,64-67H2,1-2H3,(H,81,85)/b24-22-,63-61+. The molecule has 2 heterocycles. The van der Waals surface area contributed by atoms with Gasteiger partial charge < -0.3 is 65.1 Å². The monoisotopic (exact) mass is 1340 g/mol. The molecule has 2 aliphatic heterocycles. The predicted molar refractivity (Wildman–Crippen MR) is 388 cm³/mol. The van der Waals surface area contributed by atoms with Gasteiger partial charge in [0.15, 0.2) is 12.6 Å². The van der Waals surface area contributed by atoms with Crippen molar-refractivity contribution >= 4 is 5.91 Å². The first kappa shape index (κ1) is 88.6. The highest BCUT2D eigenvalue weighted by Crippen LogP contribution is 2.30. The SMILES string of the molecule is CCCCCCCCCC/C=C\CCCCCCCCCCCCCCCCCCCC(=O)NC(COC1OC(CO)C(OC2OC(CO)C(O)C(O)C2O)C(O)C1O)C(O)/C=C/CCCCCCCCCCCCCCCCCCCCCCCCCCCCCCC. The lowest BCUT2D eigenvalue weighted by molar-refractivity contribution is -0.359. The molecule has 0 spiro atoms. The molecule has 0 radical (unpaired) electrons. The Bertz CT molecular complexity index is 1670. The zero-order valence-electron chi connectivity index (χ0n) is 61.0. The summed E-state index contributed by atoms with van der Waals surface area (Å²) in [4.78, 5) is 13.4. The Labute approximate surface area is 577 Å². The van der Waals surface area contributed by atoms with Crippen LogP contribution in [0.25, 0.3) is 0 Å². The molecule has 2 fully saturated rings. The molecule has 12 unspecified atom stereocenters. The average Bonchev–Trinajstić information content (AvgIpc) is 0.794. The van der Waals surface area contributed by atoms with Crippen molar-refractivity contribution in [3.63, 3.8) is 0 Å². The summed E-state index contributed by atoms with van der Waals surface area (Å²) < 4.78 is 22.9. The van der Waals surface area contributed by atoms with Crippen LogP contribution in [-0.4, -0.2) is 140 Å². The summed E-state index contributed by atoms with van der Waals surface area (Å²) in [5.41, 5.74) is 0. The predicted octanol–water partition coefficient (Wildman–Crippen LogP) is 18.3. The van der Waals surface area contributed by atoms with Gasteiger partial charge in [-0.3, -0.25) is 4.79 Å². The van der Waals surface area contributed by atoms with E-state index in [2.05, 4.69) is 31.3 Å². The van der Waals surface area contributed by atoms with Crippen molar-refractivity contribution < 1.29 is 64.6 Å². The van der Waals surface area contributed by atoms with E-state index in [1.54, 1.807) is 6.08 Å². The summed E-state index contributed by atoms with van der Waals surface area (Å²) >= 11 is 0. The number of nitrogens with one attached hydrogen (secondary N) is 1. The average molecular weight is 1340 g/mol. The van der Waals surface area contributed by atoms with Crippen LogP contribution in [0.15, 0.2) is 24.3 Å². The molecule has 0 aromatic heterocycles. The van der Waals surface area contributed by atoms with E-state index in [-0.39, 0.29) is 18.9 Å². The smallest absolute Gasteiger partial charge is 0.220 e. The topological polar surface area (TPSA) is 228 Å². The zero-order chi connectivity index (χ0) is 68.0. The molecule has 1 amide bonds. The number of aliphatic hydroxyl groups excluding tert-OH is 8. The summed E-state index contributed by atoms with van der Waals surface area (Å²) in [6.07, 6.45) is 66.9. The Balaban J connectivity index is 1.62. The number of ether oxygens (including phenoxy) is 4. The normalized spacial score (nSPS) is 22.5. The van der Waals surface area contributed by atoms with Gasteiger partial charge >= 0.3 is 0 Å². The number of rotatable bonds is 69. The van der Waals surface area contributed by atoms with E-state index in [1.165, 1.54) is 321 Å². The number of amides is 1. The maximum atomic E-state index is 13.4. The van der Waals surface area contributed by atoms with Gasteiger partial charge in [0.25, 0.3) is 0 Å². The minimum atomic E-state index is -1.79. The third kappa shape index (κ3) is 47.5. The highest BCUT2D eigenvalue weighted by atomic mass is 16.7. The lowest BCUT2D eigenvalue weighted by Crippen LogP contribution is -2.65. The Hall–Kier alpha value is -1.53. The number of hydrogen-bond acceptors (Lipinski definition) is 13. The number of carbonyl (C=O) groups is 1. The van der Waals surface area contributed by atoms with E-state index in [0.717, 1.165) is 38.5 Å². The molecule has 0 saturated carbocycles. The molecule has 2 aliphatic rings. The molecule has 2 rings (SSSR count). The van der Waals surface area contributed by atoms with Gasteiger partial charge in [-0.15, -0.1) is 0 Å². The number of hydrogen-bond donors (Lipinski definition) is 9. The highest BCUT2D eigenvalue weighted by Gasteiger charge is 2.51. The van der Waals surface area contributed by atoms with E-state index in [9.17, 15) is 45.6 Å². The zero-order valence-corrected chi connectivity index (χ0v) is 61.0. The lowest BCUT2D eigenvalue weighted by Gasteiger charge is -2.46. The minimum absolute atomic E-state index is 0.231. The Kier molecular flexibility index (Phi) is 61.1. The summed E-state index contributed by atoms with van der Waals surface area (Å²) in [7, 11) is 0. The number of unbranched alkanes of at least 4 members (excludes halogenated alkanes) is 54. The van der Waals surface area contributed by atoms with Gasteiger partial charge in [-0.1, -0.05) is 359 Å². The van der Waals surface area contributed by atoms with E-state index in [1.807, 2.05) is 6.08 Å². The van der Waals surface area contributed by atoms with Crippen LogP contribution < -0.4 is 5.32 Å². The first-order valence-corrected chi connectivity index (χ1v) is 40.6. The fraction of sp³-hybridized carbons (Fsp3) is 0.938. The van der Waals surface area contributed by atoms with Crippen LogP contribution in [0.5, 0.6) is 0 Å². The molecule has 14 heteroatoms. The second-order valence-corrected chi connectivity index (χ2v) is 28.9. The second kappa shape index (κ2) is 64.8. The van der Waals surface area contributed by atoms with Gasteiger partial charge in [0.1, 0.15) is 48.8 Å². The van der Waals surface area contributed by atoms with Crippen molar-refractivity contribution in [1.29, 1.82) is 0 Å². The van der Waals surface area contributed by atoms with Gasteiger partial charge in [0, 0.05) is 6.42 Å². The van der Waals surface area contributed by atoms with E-state index in [0.29, 0.717) is 6.42 Å². The van der Waals surface area contributed by atoms with Crippen molar-refractivity contribution in [2.75, 3.05) is 19.8 Å². The van der Waals surface area contributed by atoms with Crippen LogP contribution >= 0.6 is 0 Å². The maximum Gasteiger partial charge on any atom is 0.220 e. The molecule has 14 nitrogen and oxygen atoms in total. The van der Waals surface area contributed by atoms with Crippen molar-refractivity contribution in [3.8, 4) is 0 Å². The van der Waals surface area contributed by atoms with Crippen LogP contribution in [0.2, 0.25) is 0 Å². The first-order chi connectivity index (χ1) is 46.1. The molecular formula is C80H153NO13. The Morgan fingerprint density at radius 3 is 1.01 bits per heavy atom. The molecule has 9 N–H and O–H groups in total. The van der Waals surface area contributed by atoms with Crippen molar-refractivity contribution in [3.05, 3.63) is 24.3 Å². The fourth-order valence-corrected chi connectivity index (χ4v) is 13.7. The van der Waals surface area contributed by atoms with E-state index < -0.39 is 86.8 Å². The van der Waals surface area contributed by atoms with Crippen molar-refractivity contribution in [2.45, 2.75) is 460 Å². The van der Waals surface area contributed by atoms with Gasteiger partial charge in [0.2, 0.25) is 5.91 Å². The van der Waals surface area contributed by atoms with Crippen molar-refractivity contribution in [2.24, 2.45) is 0 Å². The largest absolute Gasteiger partial charge is 0.394 e. The quantitative estimate of drug-likeness (QED) is 0.0204. The van der Waals surface area contributed by atoms with Gasteiger partial charge in [-0.25, -0.2) is 0 Å². The summed E-state index contributed by atoms with van der Waals surface area (Å²) in [5.74, 6) is -0.231. The molecule has 0 bridgehead atoms. The highest BCUT2D eigenvalue weighted by molar-refractivity contribution is 5.76. The summed E-state index contributed by atoms with van der Waals surface area (Å²) in [5, 5.41) is 87.7. The number of aliphatic hydroxyl groups is 8. The van der Waals surface area contributed by atoms with Crippen LogP contribution in [0.4, 0.5) is 0 Å². The molecule has 0 aromatic carbocycles.